The SMILES string of the molecule is CCCCN(CC(=O)N(CCc1c[nH]c2ccccc12)Cc1ccccc1)C(=O)c1ccc(CC)cc1. The second-order valence-corrected chi connectivity index (χ2v) is 9.54. The van der Waals surface area contributed by atoms with Crippen molar-refractivity contribution in [2.24, 2.45) is 0 Å². The average molecular weight is 496 g/mol. The maximum Gasteiger partial charge on any atom is 0.254 e. The Morgan fingerprint density at radius 3 is 2.24 bits per heavy atom. The van der Waals surface area contributed by atoms with E-state index in [4.69, 9.17) is 0 Å². The first-order chi connectivity index (χ1) is 18.1. The van der Waals surface area contributed by atoms with Crippen LogP contribution in [0.1, 0.15) is 53.7 Å². The summed E-state index contributed by atoms with van der Waals surface area (Å²) in [6.45, 7) is 5.94. The highest BCUT2D eigenvalue weighted by Gasteiger charge is 2.22. The fraction of sp³-hybridized carbons (Fsp3) is 0.312. The highest BCUT2D eigenvalue weighted by molar-refractivity contribution is 5.96. The minimum Gasteiger partial charge on any atom is -0.361 e. The lowest BCUT2D eigenvalue weighted by atomic mass is 10.1. The molecule has 1 aromatic heterocycles. The molecule has 2 amide bonds. The van der Waals surface area contributed by atoms with Crippen molar-refractivity contribution in [2.45, 2.75) is 46.1 Å². The number of hydrogen-bond donors (Lipinski definition) is 1. The van der Waals surface area contributed by atoms with Crippen LogP contribution in [0.15, 0.2) is 85.1 Å². The minimum atomic E-state index is -0.0826. The van der Waals surface area contributed by atoms with Gasteiger partial charge in [0.05, 0.1) is 0 Å². The second kappa shape index (κ2) is 12.9. The molecule has 0 aliphatic heterocycles. The van der Waals surface area contributed by atoms with Crippen molar-refractivity contribution in [1.29, 1.82) is 0 Å². The van der Waals surface area contributed by atoms with Crippen LogP contribution < -0.4 is 0 Å². The van der Waals surface area contributed by atoms with Gasteiger partial charge in [0, 0.05) is 42.3 Å². The van der Waals surface area contributed by atoms with Crippen LogP contribution in [0.25, 0.3) is 10.9 Å². The zero-order chi connectivity index (χ0) is 26.0. The van der Waals surface area contributed by atoms with Crippen molar-refractivity contribution in [3.63, 3.8) is 0 Å². The number of rotatable bonds is 12. The predicted molar refractivity (Wildman–Crippen MR) is 150 cm³/mol. The number of nitrogens with one attached hydrogen (secondary N) is 1. The Hall–Kier alpha value is -3.86. The lowest BCUT2D eigenvalue weighted by Crippen LogP contribution is -2.43. The molecule has 4 rings (SSSR count). The van der Waals surface area contributed by atoms with Gasteiger partial charge in [-0.2, -0.15) is 0 Å². The number of benzene rings is 3. The highest BCUT2D eigenvalue weighted by Crippen LogP contribution is 2.19. The van der Waals surface area contributed by atoms with Gasteiger partial charge in [-0.05, 0) is 54.2 Å². The lowest BCUT2D eigenvalue weighted by molar-refractivity contribution is -0.132. The molecule has 0 aliphatic rings. The van der Waals surface area contributed by atoms with E-state index in [2.05, 4.69) is 31.0 Å². The molecule has 1 N–H and O–H groups in total. The van der Waals surface area contributed by atoms with Crippen LogP contribution in [0.2, 0.25) is 0 Å². The smallest absolute Gasteiger partial charge is 0.254 e. The molecule has 0 aliphatic carbocycles. The Bertz CT molecular complexity index is 1290. The van der Waals surface area contributed by atoms with Crippen LogP contribution in [0, 0.1) is 0 Å². The molecule has 3 aromatic carbocycles. The summed E-state index contributed by atoms with van der Waals surface area (Å²) in [5, 5.41) is 1.19. The first-order valence-electron chi connectivity index (χ1n) is 13.3. The number of carbonyl (C=O) groups is 2. The van der Waals surface area contributed by atoms with Crippen molar-refractivity contribution in [1.82, 2.24) is 14.8 Å². The van der Waals surface area contributed by atoms with Gasteiger partial charge >= 0.3 is 0 Å². The molecule has 0 fully saturated rings. The number of nitrogens with zero attached hydrogens (tertiary/aromatic N) is 2. The number of amides is 2. The van der Waals surface area contributed by atoms with E-state index < -0.39 is 0 Å². The topological polar surface area (TPSA) is 56.4 Å². The maximum atomic E-state index is 13.7. The molecular formula is C32H37N3O2. The second-order valence-electron chi connectivity index (χ2n) is 9.54. The number of unbranched alkanes of at least 4 members (excludes halogenated alkanes) is 1. The van der Waals surface area contributed by atoms with Gasteiger partial charge in [-0.1, -0.05) is 80.9 Å². The van der Waals surface area contributed by atoms with Crippen LogP contribution in [0.3, 0.4) is 0 Å². The number of aromatic nitrogens is 1. The van der Waals surface area contributed by atoms with Crippen molar-refractivity contribution >= 4 is 22.7 Å². The lowest BCUT2D eigenvalue weighted by Gasteiger charge is -2.28. The van der Waals surface area contributed by atoms with E-state index in [0.717, 1.165) is 36.8 Å². The third-order valence-electron chi connectivity index (χ3n) is 6.90. The Morgan fingerprint density at radius 1 is 0.784 bits per heavy atom. The van der Waals surface area contributed by atoms with E-state index in [-0.39, 0.29) is 18.4 Å². The number of carbonyl (C=O) groups excluding carboxylic acids is 2. The Labute approximate surface area is 220 Å². The largest absolute Gasteiger partial charge is 0.361 e. The molecule has 0 bridgehead atoms. The molecule has 37 heavy (non-hydrogen) atoms. The Balaban J connectivity index is 1.52. The van der Waals surface area contributed by atoms with Crippen molar-refractivity contribution in [2.75, 3.05) is 19.6 Å². The fourth-order valence-electron chi connectivity index (χ4n) is 4.62. The van der Waals surface area contributed by atoms with Crippen molar-refractivity contribution in [3.05, 3.63) is 107 Å². The van der Waals surface area contributed by atoms with Gasteiger partial charge in [0.2, 0.25) is 5.91 Å². The fourth-order valence-corrected chi connectivity index (χ4v) is 4.62. The molecular weight excluding hydrogens is 458 g/mol. The van der Waals surface area contributed by atoms with Gasteiger partial charge in [0.15, 0.2) is 0 Å². The zero-order valence-corrected chi connectivity index (χ0v) is 22.0. The molecule has 4 aromatic rings. The summed E-state index contributed by atoms with van der Waals surface area (Å²) in [5.74, 6) is -0.112. The summed E-state index contributed by atoms with van der Waals surface area (Å²) < 4.78 is 0. The normalized spacial score (nSPS) is 11.0. The molecule has 5 heteroatoms. The molecule has 0 saturated carbocycles. The summed E-state index contributed by atoms with van der Waals surface area (Å²) in [6.07, 6.45) is 5.52. The van der Waals surface area contributed by atoms with E-state index in [1.54, 1.807) is 4.90 Å². The van der Waals surface area contributed by atoms with Crippen LogP contribution in [-0.2, 0) is 24.2 Å². The summed E-state index contributed by atoms with van der Waals surface area (Å²) in [4.78, 5) is 34.1. The summed E-state index contributed by atoms with van der Waals surface area (Å²) >= 11 is 0. The van der Waals surface area contributed by atoms with Crippen LogP contribution in [-0.4, -0.2) is 46.2 Å². The summed E-state index contributed by atoms with van der Waals surface area (Å²) in [6, 6.07) is 26.0. The Kier molecular flexibility index (Phi) is 9.14. The standard InChI is InChI=1S/C32H37N3O2/c1-3-5-20-35(32(37)27-17-15-25(4-2)16-18-27)24-31(36)34(23-26-11-7-6-8-12-26)21-19-28-22-33-30-14-10-9-13-29(28)30/h6-18,22,33H,3-5,19-21,23-24H2,1-2H3. The number of para-hydroxylation sites is 1. The van der Waals surface area contributed by atoms with E-state index >= 15 is 0 Å². The van der Waals surface area contributed by atoms with E-state index in [1.807, 2.05) is 77.8 Å². The van der Waals surface area contributed by atoms with Gasteiger partial charge in [0.25, 0.3) is 5.91 Å². The van der Waals surface area contributed by atoms with E-state index in [9.17, 15) is 9.59 Å². The number of fused-ring (bicyclic) bond motifs is 1. The zero-order valence-electron chi connectivity index (χ0n) is 22.0. The molecule has 1 heterocycles. The molecule has 5 nitrogen and oxygen atoms in total. The first-order valence-corrected chi connectivity index (χ1v) is 13.3. The van der Waals surface area contributed by atoms with Gasteiger partial charge < -0.3 is 14.8 Å². The third-order valence-corrected chi connectivity index (χ3v) is 6.90. The molecule has 0 saturated heterocycles. The Morgan fingerprint density at radius 2 is 1.51 bits per heavy atom. The monoisotopic (exact) mass is 495 g/mol. The first kappa shape index (κ1) is 26.2. The van der Waals surface area contributed by atoms with Crippen LogP contribution in [0.4, 0.5) is 0 Å². The van der Waals surface area contributed by atoms with Crippen molar-refractivity contribution < 1.29 is 9.59 Å². The molecule has 0 radical (unpaired) electrons. The van der Waals surface area contributed by atoms with Crippen molar-refractivity contribution in [3.8, 4) is 0 Å². The number of H-pyrrole nitrogens is 1. The third kappa shape index (κ3) is 6.88. The number of hydrogen-bond acceptors (Lipinski definition) is 2. The highest BCUT2D eigenvalue weighted by atomic mass is 16.2. The minimum absolute atomic E-state index is 0.0293. The molecule has 0 spiro atoms. The van der Waals surface area contributed by atoms with Crippen LogP contribution >= 0.6 is 0 Å². The summed E-state index contributed by atoms with van der Waals surface area (Å²) in [7, 11) is 0. The van der Waals surface area contributed by atoms with Gasteiger partial charge in [0.1, 0.15) is 6.54 Å². The number of aryl methyl sites for hydroxylation is 1. The van der Waals surface area contributed by atoms with E-state index in [1.165, 1.54) is 16.5 Å². The van der Waals surface area contributed by atoms with Gasteiger partial charge in [-0.3, -0.25) is 9.59 Å². The quantitative estimate of drug-likeness (QED) is 0.253. The maximum absolute atomic E-state index is 13.7. The molecule has 0 unspecified atom stereocenters. The van der Waals surface area contributed by atoms with Gasteiger partial charge in [-0.15, -0.1) is 0 Å². The predicted octanol–water partition coefficient (Wildman–Crippen LogP) is 6.24. The summed E-state index contributed by atoms with van der Waals surface area (Å²) in [5.41, 5.74) is 5.20. The number of aromatic amines is 1. The molecule has 0 atom stereocenters. The van der Waals surface area contributed by atoms with Gasteiger partial charge in [-0.25, -0.2) is 0 Å². The van der Waals surface area contributed by atoms with E-state index in [0.29, 0.717) is 25.2 Å². The average Bonchev–Trinajstić information content (AvgIpc) is 3.36. The molecule has 192 valence electrons. The van der Waals surface area contributed by atoms with Crippen LogP contribution in [0.5, 0.6) is 0 Å².